The van der Waals surface area contributed by atoms with E-state index in [9.17, 15) is 5.11 Å². The molecule has 0 spiro atoms. The van der Waals surface area contributed by atoms with Gasteiger partial charge in [-0.15, -0.1) is 0 Å². The Bertz CT molecular complexity index is 114. The first-order valence-electron chi connectivity index (χ1n) is 5.14. The summed E-state index contributed by atoms with van der Waals surface area (Å²) in [6.45, 7) is 3.01. The molecule has 0 bridgehead atoms. The molecule has 2 heteroatoms. The average Bonchev–Trinajstić information content (AvgIpc) is 2.46. The van der Waals surface area contributed by atoms with Crippen molar-refractivity contribution in [1.82, 2.24) is 0 Å². The molecule has 0 aromatic rings. The normalized spacial score (nSPS) is 29.5. The van der Waals surface area contributed by atoms with Gasteiger partial charge in [-0.1, -0.05) is 19.8 Å². The number of ether oxygens (including phenoxy) is 1. The van der Waals surface area contributed by atoms with Crippen LogP contribution in [0.3, 0.4) is 0 Å². The third-order valence-corrected chi connectivity index (χ3v) is 2.50. The largest absolute Gasteiger partial charge is 0.390 e. The van der Waals surface area contributed by atoms with Gasteiger partial charge in [0.15, 0.2) is 0 Å². The maximum atomic E-state index is 9.42. The first-order chi connectivity index (χ1) is 5.84. The molecule has 1 rings (SSSR count). The molecule has 0 aliphatic heterocycles. The smallest absolute Gasteiger partial charge is 0.0833 e. The third kappa shape index (κ3) is 3.11. The first-order valence-corrected chi connectivity index (χ1v) is 5.14. The van der Waals surface area contributed by atoms with Crippen LogP contribution in [0.4, 0.5) is 0 Å². The van der Waals surface area contributed by atoms with E-state index in [0.717, 1.165) is 32.3 Å². The Labute approximate surface area is 74.9 Å². The lowest BCUT2D eigenvalue weighted by atomic mass is 10.2. The third-order valence-electron chi connectivity index (χ3n) is 2.50. The molecular weight excluding hydrogens is 152 g/mol. The van der Waals surface area contributed by atoms with E-state index in [4.69, 9.17) is 4.74 Å². The van der Waals surface area contributed by atoms with Crippen molar-refractivity contribution in [3.05, 3.63) is 0 Å². The summed E-state index contributed by atoms with van der Waals surface area (Å²) in [4.78, 5) is 0. The SMILES string of the molecule is CCCCCOC1CCCC1O. The van der Waals surface area contributed by atoms with Gasteiger partial charge < -0.3 is 9.84 Å². The van der Waals surface area contributed by atoms with Gasteiger partial charge in [0.1, 0.15) is 0 Å². The highest BCUT2D eigenvalue weighted by Crippen LogP contribution is 2.21. The van der Waals surface area contributed by atoms with Gasteiger partial charge in [0, 0.05) is 6.61 Å². The van der Waals surface area contributed by atoms with E-state index >= 15 is 0 Å². The Morgan fingerprint density at radius 3 is 2.75 bits per heavy atom. The van der Waals surface area contributed by atoms with Gasteiger partial charge in [0.25, 0.3) is 0 Å². The van der Waals surface area contributed by atoms with Gasteiger partial charge in [-0.05, 0) is 25.7 Å². The second kappa shape index (κ2) is 5.55. The number of rotatable bonds is 5. The van der Waals surface area contributed by atoms with E-state index in [1.807, 2.05) is 0 Å². The van der Waals surface area contributed by atoms with Crippen LogP contribution in [0, 0.1) is 0 Å². The lowest BCUT2D eigenvalue weighted by molar-refractivity contribution is -0.0196. The highest BCUT2D eigenvalue weighted by Gasteiger charge is 2.25. The lowest BCUT2D eigenvalue weighted by Gasteiger charge is -2.14. The van der Waals surface area contributed by atoms with Crippen molar-refractivity contribution in [2.75, 3.05) is 6.61 Å². The maximum absolute atomic E-state index is 9.42. The highest BCUT2D eigenvalue weighted by molar-refractivity contribution is 4.76. The zero-order valence-corrected chi connectivity index (χ0v) is 7.96. The molecule has 0 aromatic carbocycles. The molecule has 1 saturated carbocycles. The Kier molecular flexibility index (Phi) is 4.62. The summed E-state index contributed by atoms with van der Waals surface area (Å²) in [5, 5.41) is 9.42. The molecule has 2 atom stereocenters. The molecule has 0 amide bonds. The van der Waals surface area contributed by atoms with E-state index in [2.05, 4.69) is 6.92 Å². The fraction of sp³-hybridized carbons (Fsp3) is 1.00. The van der Waals surface area contributed by atoms with Crippen LogP contribution in [0.25, 0.3) is 0 Å². The number of hydrogen-bond donors (Lipinski definition) is 1. The van der Waals surface area contributed by atoms with Gasteiger partial charge in [0.05, 0.1) is 12.2 Å². The summed E-state index contributed by atoms with van der Waals surface area (Å²) >= 11 is 0. The minimum atomic E-state index is -0.188. The Morgan fingerprint density at radius 1 is 1.33 bits per heavy atom. The molecular formula is C10H20O2. The lowest BCUT2D eigenvalue weighted by Crippen LogP contribution is -2.23. The molecule has 0 radical (unpaired) electrons. The predicted molar refractivity (Wildman–Crippen MR) is 49.1 cm³/mol. The number of unbranched alkanes of at least 4 members (excludes halogenated alkanes) is 2. The molecule has 1 fully saturated rings. The second-order valence-corrected chi connectivity index (χ2v) is 3.61. The summed E-state index contributed by atoms with van der Waals surface area (Å²) in [5.74, 6) is 0. The highest BCUT2D eigenvalue weighted by atomic mass is 16.5. The molecule has 0 heterocycles. The maximum Gasteiger partial charge on any atom is 0.0833 e. The quantitative estimate of drug-likeness (QED) is 0.643. The van der Waals surface area contributed by atoms with E-state index in [1.54, 1.807) is 0 Å². The molecule has 0 aromatic heterocycles. The minimum Gasteiger partial charge on any atom is -0.390 e. The zero-order valence-electron chi connectivity index (χ0n) is 7.96. The van der Waals surface area contributed by atoms with Gasteiger partial charge in [-0.3, -0.25) is 0 Å². The molecule has 0 saturated heterocycles. The van der Waals surface area contributed by atoms with Crippen LogP contribution in [-0.4, -0.2) is 23.9 Å². The van der Waals surface area contributed by atoms with Crippen molar-refractivity contribution in [2.45, 2.75) is 57.7 Å². The molecule has 72 valence electrons. The summed E-state index contributed by atoms with van der Waals surface area (Å²) in [6, 6.07) is 0. The number of aliphatic hydroxyl groups is 1. The fourth-order valence-corrected chi connectivity index (χ4v) is 1.69. The Hall–Kier alpha value is -0.0800. The predicted octanol–water partition coefficient (Wildman–Crippen LogP) is 2.11. The van der Waals surface area contributed by atoms with E-state index in [1.165, 1.54) is 12.8 Å². The zero-order chi connectivity index (χ0) is 8.81. The van der Waals surface area contributed by atoms with Gasteiger partial charge in [0.2, 0.25) is 0 Å². The van der Waals surface area contributed by atoms with Crippen molar-refractivity contribution >= 4 is 0 Å². The monoisotopic (exact) mass is 172 g/mol. The summed E-state index contributed by atoms with van der Waals surface area (Å²) in [6.07, 6.45) is 6.67. The molecule has 1 aliphatic rings. The summed E-state index contributed by atoms with van der Waals surface area (Å²) in [5.41, 5.74) is 0. The van der Waals surface area contributed by atoms with Crippen molar-refractivity contribution in [2.24, 2.45) is 0 Å². The van der Waals surface area contributed by atoms with Crippen LogP contribution >= 0.6 is 0 Å². The van der Waals surface area contributed by atoms with E-state index < -0.39 is 0 Å². The first kappa shape index (κ1) is 10.0. The van der Waals surface area contributed by atoms with Crippen LogP contribution in [0.1, 0.15) is 45.4 Å². The van der Waals surface area contributed by atoms with Crippen LogP contribution in [0.5, 0.6) is 0 Å². The fourth-order valence-electron chi connectivity index (χ4n) is 1.69. The van der Waals surface area contributed by atoms with Crippen molar-refractivity contribution in [3.8, 4) is 0 Å². The Morgan fingerprint density at radius 2 is 2.17 bits per heavy atom. The molecule has 2 nitrogen and oxygen atoms in total. The van der Waals surface area contributed by atoms with Gasteiger partial charge in [-0.2, -0.15) is 0 Å². The average molecular weight is 172 g/mol. The standard InChI is InChI=1S/C10H20O2/c1-2-3-4-8-12-10-7-5-6-9(10)11/h9-11H,2-8H2,1H3. The van der Waals surface area contributed by atoms with E-state index in [-0.39, 0.29) is 12.2 Å². The number of hydrogen-bond acceptors (Lipinski definition) is 2. The summed E-state index contributed by atoms with van der Waals surface area (Å²) in [7, 11) is 0. The topological polar surface area (TPSA) is 29.5 Å². The molecule has 2 unspecified atom stereocenters. The van der Waals surface area contributed by atoms with Gasteiger partial charge >= 0.3 is 0 Å². The molecule has 1 N–H and O–H groups in total. The van der Waals surface area contributed by atoms with Crippen molar-refractivity contribution < 1.29 is 9.84 Å². The molecule has 1 aliphatic carbocycles. The van der Waals surface area contributed by atoms with Gasteiger partial charge in [-0.25, -0.2) is 0 Å². The second-order valence-electron chi connectivity index (χ2n) is 3.61. The van der Waals surface area contributed by atoms with E-state index in [0.29, 0.717) is 0 Å². The Balaban J connectivity index is 1.98. The van der Waals surface area contributed by atoms with Crippen LogP contribution in [-0.2, 0) is 4.74 Å². The van der Waals surface area contributed by atoms with Crippen LogP contribution in [0.2, 0.25) is 0 Å². The van der Waals surface area contributed by atoms with Crippen LogP contribution < -0.4 is 0 Å². The minimum absolute atomic E-state index is 0.141. The number of aliphatic hydroxyl groups excluding tert-OH is 1. The summed E-state index contributed by atoms with van der Waals surface area (Å²) < 4.78 is 5.57. The van der Waals surface area contributed by atoms with Crippen LogP contribution in [0.15, 0.2) is 0 Å². The van der Waals surface area contributed by atoms with Crippen molar-refractivity contribution in [1.29, 1.82) is 0 Å². The van der Waals surface area contributed by atoms with Crippen molar-refractivity contribution in [3.63, 3.8) is 0 Å². The molecule has 12 heavy (non-hydrogen) atoms.